The standard InChI is InChI=1S/C45H28N2S2/c1-2-10-35-29(8-1)9-7-13-36(35)30-16-20-32(21-17-30)47(34-24-25-39-37-11-3-5-14-42(37)48-44(39)26-34)33-22-18-31(19-23-33)41-27-45-40(28-46-41)38-12-4-6-15-43(38)49-45/h1-28H. The molecule has 3 aromatic heterocycles. The Morgan fingerprint density at radius 1 is 0.388 bits per heavy atom. The van der Waals surface area contributed by atoms with E-state index in [0.29, 0.717) is 0 Å². The highest BCUT2D eigenvalue weighted by molar-refractivity contribution is 7.26. The van der Waals surface area contributed by atoms with Crippen molar-refractivity contribution in [3.05, 3.63) is 170 Å². The number of pyridine rings is 1. The van der Waals surface area contributed by atoms with E-state index >= 15 is 0 Å². The van der Waals surface area contributed by atoms with E-state index in [9.17, 15) is 0 Å². The number of thiophene rings is 2. The average molecular weight is 661 g/mol. The first-order chi connectivity index (χ1) is 24.3. The van der Waals surface area contributed by atoms with Gasteiger partial charge in [-0.3, -0.25) is 4.98 Å². The van der Waals surface area contributed by atoms with E-state index in [-0.39, 0.29) is 0 Å². The molecule has 0 aliphatic heterocycles. The van der Waals surface area contributed by atoms with E-state index in [0.717, 1.165) is 28.3 Å². The monoisotopic (exact) mass is 660 g/mol. The average Bonchev–Trinajstić information content (AvgIpc) is 3.73. The Bertz CT molecular complexity index is 2820. The zero-order valence-corrected chi connectivity index (χ0v) is 28.0. The van der Waals surface area contributed by atoms with Gasteiger partial charge in [0.2, 0.25) is 0 Å². The van der Waals surface area contributed by atoms with E-state index < -0.39 is 0 Å². The molecule has 0 bridgehead atoms. The van der Waals surface area contributed by atoms with Gasteiger partial charge in [-0.2, -0.15) is 0 Å². The summed E-state index contributed by atoms with van der Waals surface area (Å²) in [5, 5.41) is 7.62. The minimum Gasteiger partial charge on any atom is -0.310 e. The van der Waals surface area contributed by atoms with Gasteiger partial charge in [-0.15, -0.1) is 22.7 Å². The van der Waals surface area contributed by atoms with Crippen LogP contribution in [0.25, 0.3) is 73.5 Å². The molecular formula is C45H28N2S2. The first kappa shape index (κ1) is 28.2. The van der Waals surface area contributed by atoms with E-state index in [4.69, 9.17) is 4.98 Å². The summed E-state index contributed by atoms with van der Waals surface area (Å²) in [4.78, 5) is 7.26. The van der Waals surface area contributed by atoms with E-state index in [1.54, 1.807) is 0 Å². The molecule has 0 aliphatic rings. The number of nitrogens with zero attached hydrogens (tertiary/aromatic N) is 2. The summed E-state index contributed by atoms with van der Waals surface area (Å²) in [6.07, 6.45) is 2.03. The number of hydrogen-bond donors (Lipinski definition) is 0. The maximum Gasteiger partial charge on any atom is 0.0716 e. The van der Waals surface area contributed by atoms with Crippen molar-refractivity contribution in [2.75, 3.05) is 4.90 Å². The number of rotatable bonds is 5. The fraction of sp³-hybridized carbons (Fsp3) is 0. The van der Waals surface area contributed by atoms with Crippen molar-refractivity contribution < 1.29 is 0 Å². The van der Waals surface area contributed by atoms with Gasteiger partial charge in [-0.25, -0.2) is 0 Å². The quantitative estimate of drug-likeness (QED) is 0.183. The van der Waals surface area contributed by atoms with Crippen molar-refractivity contribution in [1.29, 1.82) is 0 Å². The van der Waals surface area contributed by atoms with Gasteiger partial charge < -0.3 is 4.90 Å². The molecule has 0 spiro atoms. The van der Waals surface area contributed by atoms with E-state index in [1.807, 2.05) is 28.9 Å². The predicted octanol–water partition coefficient (Wildman–Crippen LogP) is 13.8. The van der Waals surface area contributed by atoms with Gasteiger partial charge in [0.05, 0.1) is 5.69 Å². The van der Waals surface area contributed by atoms with Crippen LogP contribution in [-0.4, -0.2) is 4.98 Å². The summed E-state index contributed by atoms with van der Waals surface area (Å²) in [6, 6.07) is 59.3. The molecule has 0 unspecified atom stereocenters. The molecule has 4 heteroatoms. The van der Waals surface area contributed by atoms with Crippen LogP contribution in [0.5, 0.6) is 0 Å². The minimum absolute atomic E-state index is 0.989. The Hall–Kier alpha value is -5.81. The molecule has 2 nitrogen and oxygen atoms in total. The molecule has 0 aliphatic carbocycles. The molecular weight excluding hydrogens is 633 g/mol. The fourth-order valence-electron chi connectivity index (χ4n) is 7.13. The summed E-state index contributed by atoms with van der Waals surface area (Å²) in [7, 11) is 0. The fourth-order valence-corrected chi connectivity index (χ4v) is 9.38. The molecule has 0 saturated heterocycles. The maximum absolute atomic E-state index is 4.90. The molecule has 0 N–H and O–H groups in total. The third-order valence-electron chi connectivity index (χ3n) is 9.53. The molecule has 230 valence electrons. The van der Waals surface area contributed by atoms with Crippen LogP contribution in [0, 0.1) is 0 Å². The topological polar surface area (TPSA) is 16.1 Å². The van der Waals surface area contributed by atoms with Gasteiger partial charge in [0.25, 0.3) is 0 Å². The van der Waals surface area contributed by atoms with Gasteiger partial charge >= 0.3 is 0 Å². The lowest BCUT2D eigenvalue weighted by Crippen LogP contribution is -2.09. The van der Waals surface area contributed by atoms with Crippen molar-refractivity contribution in [1.82, 2.24) is 4.98 Å². The van der Waals surface area contributed by atoms with E-state index in [2.05, 4.69) is 169 Å². The molecule has 0 saturated carbocycles. The van der Waals surface area contributed by atoms with Gasteiger partial charge in [-0.05, 0) is 76.5 Å². The van der Waals surface area contributed by atoms with Crippen molar-refractivity contribution in [3.63, 3.8) is 0 Å². The van der Waals surface area contributed by atoms with Gasteiger partial charge in [0, 0.05) is 69.2 Å². The highest BCUT2D eigenvalue weighted by Gasteiger charge is 2.16. The van der Waals surface area contributed by atoms with Crippen LogP contribution in [0.3, 0.4) is 0 Å². The lowest BCUT2D eigenvalue weighted by Gasteiger charge is -2.26. The Balaban J connectivity index is 1.07. The summed E-state index contributed by atoms with van der Waals surface area (Å²) in [6.45, 7) is 0. The molecule has 0 amide bonds. The largest absolute Gasteiger partial charge is 0.310 e. The second kappa shape index (κ2) is 11.4. The van der Waals surface area contributed by atoms with Gasteiger partial charge in [0.1, 0.15) is 0 Å². The van der Waals surface area contributed by atoms with Crippen molar-refractivity contribution in [2.24, 2.45) is 0 Å². The second-order valence-corrected chi connectivity index (χ2v) is 14.6. The first-order valence-electron chi connectivity index (χ1n) is 16.4. The van der Waals surface area contributed by atoms with Crippen molar-refractivity contribution in [2.45, 2.75) is 0 Å². The lowest BCUT2D eigenvalue weighted by molar-refractivity contribution is 1.29. The number of benzene rings is 7. The molecule has 0 fully saturated rings. The Kier molecular flexibility index (Phi) is 6.57. The molecule has 3 heterocycles. The summed E-state index contributed by atoms with van der Waals surface area (Å²) in [5.74, 6) is 0. The summed E-state index contributed by atoms with van der Waals surface area (Å²) >= 11 is 3.68. The van der Waals surface area contributed by atoms with Crippen LogP contribution >= 0.6 is 22.7 Å². The van der Waals surface area contributed by atoms with Crippen LogP contribution < -0.4 is 4.90 Å². The van der Waals surface area contributed by atoms with Crippen LogP contribution in [0.1, 0.15) is 0 Å². The third kappa shape index (κ3) is 4.80. The molecule has 10 aromatic rings. The SMILES string of the molecule is c1ccc2c(-c3ccc(N(c4ccc(-c5cc6sc7ccccc7c6cn5)cc4)c4ccc5c(c4)sc4ccccc45)cc3)cccc2c1. The van der Waals surface area contributed by atoms with Crippen LogP contribution in [0.2, 0.25) is 0 Å². The Morgan fingerprint density at radius 2 is 0.939 bits per heavy atom. The lowest BCUT2D eigenvalue weighted by atomic mass is 9.98. The second-order valence-electron chi connectivity index (χ2n) is 12.4. The number of fused-ring (bicyclic) bond motifs is 7. The minimum atomic E-state index is 0.989. The highest BCUT2D eigenvalue weighted by Crippen LogP contribution is 2.42. The van der Waals surface area contributed by atoms with Crippen LogP contribution in [-0.2, 0) is 0 Å². The molecule has 7 aromatic carbocycles. The first-order valence-corrected chi connectivity index (χ1v) is 18.1. The zero-order chi connectivity index (χ0) is 32.3. The maximum atomic E-state index is 4.90. The number of hydrogen-bond acceptors (Lipinski definition) is 4. The summed E-state index contributed by atoms with van der Waals surface area (Å²) in [5.41, 5.74) is 7.90. The smallest absolute Gasteiger partial charge is 0.0716 e. The third-order valence-corrected chi connectivity index (χ3v) is 11.8. The predicted molar refractivity (Wildman–Crippen MR) is 213 cm³/mol. The van der Waals surface area contributed by atoms with Crippen LogP contribution in [0.15, 0.2) is 170 Å². The van der Waals surface area contributed by atoms with Crippen molar-refractivity contribution >= 4 is 90.9 Å². The summed E-state index contributed by atoms with van der Waals surface area (Å²) < 4.78 is 5.16. The Labute approximate surface area is 291 Å². The molecule has 0 radical (unpaired) electrons. The molecule has 49 heavy (non-hydrogen) atoms. The molecule has 10 rings (SSSR count). The highest BCUT2D eigenvalue weighted by atomic mass is 32.1. The van der Waals surface area contributed by atoms with Gasteiger partial charge in [-0.1, -0.05) is 109 Å². The number of anilines is 3. The number of aromatic nitrogens is 1. The van der Waals surface area contributed by atoms with Crippen LogP contribution in [0.4, 0.5) is 17.1 Å². The normalized spacial score (nSPS) is 11.7. The Morgan fingerprint density at radius 3 is 1.67 bits per heavy atom. The van der Waals surface area contributed by atoms with E-state index in [1.165, 1.54) is 62.2 Å². The van der Waals surface area contributed by atoms with Crippen molar-refractivity contribution in [3.8, 4) is 22.4 Å². The zero-order valence-electron chi connectivity index (χ0n) is 26.4. The molecule has 0 atom stereocenters. The van der Waals surface area contributed by atoms with Gasteiger partial charge in [0.15, 0.2) is 0 Å².